The number of aliphatic hydroxyl groups excluding tert-OH is 1. The summed E-state index contributed by atoms with van der Waals surface area (Å²) in [5.74, 6) is -0.264. The quantitative estimate of drug-likeness (QED) is 0.718. The molecule has 0 aliphatic heterocycles. The third-order valence-electron chi connectivity index (χ3n) is 2.22. The maximum absolute atomic E-state index is 11.7. The van der Waals surface area contributed by atoms with E-state index in [0.717, 1.165) is 0 Å². The summed E-state index contributed by atoms with van der Waals surface area (Å²) >= 11 is 11.9. The Kier molecular flexibility index (Phi) is 5.68. The molecule has 100 valence electrons. The Morgan fingerprint density at radius 3 is 2.50 bits per heavy atom. The molecule has 0 atom stereocenters. The summed E-state index contributed by atoms with van der Waals surface area (Å²) in [4.78, 5) is 13.4. The van der Waals surface area contributed by atoms with Gasteiger partial charge >= 0.3 is 0 Å². The van der Waals surface area contributed by atoms with Gasteiger partial charge in [0.15, 0.2) is 0 Å². The largest absolute Gasteiger partial charge is 0.399 e. The first-order valence-electron chi connectivity index (χ1n) is 5.27. The van der Waals surface area contributed by atoms with Gasteiger partial charge in [-0.25, -0.2) is 0 Å². The average Bonchev–Trinajstić information content (AvgIpc) is 2.23. The summed E-state index contributed by atoms with van der Waals surface area (Å²) in [5, 5.41) is 11.9. The number of benzene rings is 1. The summed E-state index contributed by atoms with van der Waals surface area (Å²) in [5.41, 5.74) is 6.34. The highest BCUT2D eigenvalue weighted by atomic mass is 35.5. The lowest BCUT2D eigenvalue weighted by Crippen LogP contribution is -2.32. The first kappa shape index (κ1) is 15.0. The van der Waals surface area contributed by atoms with E-state index in [1.165, 1.54) is 12.1 Å². The molecule has 0 radical (unpaired) electrons. The monoisotopic (exact) mass is 291 g/mol. The van der Waals surface area contributed by atoms with Crippen LogP contribution in [-0.2, 0) is 4.79 Å². The van der Waals surface area contributed by atoms with Crippen LogP contribution in [0.25, 0.3) is 0 Å². The number of rotatable bonds is 5. The van der Waals surface area contributed by atoms with E-state index in [1.807, 2.05) is 0 Å². The molecule has 0 aliphatic rings. The summed E-state index contributed by atoms with van der Waals surface area (Å²) in [7, 11) is 1.72. The van der Waals surface area contributed by atoms with Crippen LogP contribution in [0.2, 0.25) is 10.0 Å². The van der Waals surface area contributed by atoms with Crippen molar-refractivity contribution in [2.24, 2.45) is 0 Å². The standard InChI is InChI=1S/C11H15Cl2N3O2/c1-16(2-3-17)6-10(18)15-11-8(12)4-7(14)5-9(11)13/h4-5,17H,2-3,6,14H2,1H3,(H,15,18). The lowest BCUT2D eigenvalue weighted by Gasteiger charge is -2.15. The second kappa shape index (κ2) is 6.80. The van der Waals surface area contributed by atoms with Crippen molar-refractivity contribution in [3.63, 3.8) is 0 Å². The molecule has 0 bridgehead atoms. The van der Waals surface area contributed by atoms with Gasteiger partial charge in [0, 0.05) is 12.2 Å². The molecule has 1 rings (SSSR count). The number of amides is 1. The number of nitrogens with two attached hydrogens (primary N) is 1. The van der Waals surface area contributed by atoms with Crippen LogP contribution in [0.3, 0.4) is 0 Å². The van der Waals surface area contributed by atoms with E-state index < -0.39 is 0 Å². The predicted molar refractivity (Wildman–Crippen MR) is 74.1 cm³/mol. The first-order chi connectivity index (χ1) is 8.43. The second-order valence-electron chi connectivity index (χ2n) is 3.87. The number of nitrogens with one attached hydrogen (secondary N) is 1. The summed E-state index contributed by atoms with van der Waals surface area (Å²) in [6, 6.07) is 3.03. The van der Waals surface area contributed by atoms with Gasteiger partial charge in [-0.3, -0.25) is 9.69 Å². The predicted octanol–water partition coefficient (Wildman–Crippen LogP) is 1.44. The lowest BCUT2D eigenvalue weighted by molar-refractivity contribution is -0.117. The lowest BCUT2D eigenvalue weighted by atomic mass is 10.2. The van der Waals surface area contributed by atoms with E-state index in [0.29, 0.717) is 17.9 Å². The highest BCUT2D eigenvalue weighted by Crippen LogP contribution is 2.32. The molecule has 0 spiro atoms. The molecule has 0 aromatic heterocycles. The van der Waals surface area contributed by atoms with Gasteiger partial charge in [0.2, 0.25) is 5.91 Å². The molecule has 0 saturated heterocycles. The van der Waals surface area contributed by atoms with E-state index in [4.69, 9.17) is 34.0 Å². The Labute approximate surface area is 115 Å². The molecule has 0 heterocycles. The van der Waals surface area contributed by atoms with E-state index in [9.17, 15) is 4.79 Å². The van der Waals surface area contributed by atoms with Crippen molar-refractivity contribution in [1.82, 2.24) is 4.90 Å². The number of anilines is 2. The maximum atomic E-state index is 11.7. The molecule has 1 amide bonds. The summed E-state index contributed by atoms with van der Waals surface area (Å²) < 4.78 is 0. The number of nitrogens with zero attached hydrogens (tertiary/aromatic N) is 1. The van der Waals surface area contributed by atoms with E-state index in [1.54, 1.807) is 11.9 Å². The minimum atomic E-state index is -0.264. The fraction of sp³-hybridized carbons (Fsp3) is 0.364. The van der Waals surface area contributed by atoms with Crippen molar-refractivity contribution in [3.8, 4) is 0 Å². The molecule has 0 fully saturated rings. The van der Waals surface area contributed by atoms with Crippen molar-refractivity contribution < 1.29 is 9.90 Å². The number of halogens is 2. The number of hydrogen-bond donors (Lipinski definition) is 3. The van der Waals surface area contributed by atoms with Gasteiger partial charge in [0.05, 0.1) is 28.9 Å². The molecule has 7 heteroatoms. The molecular formula is C11H15Cl2N3O2. The van der Waals surface area contributed by atoms with Gasteiger partial charge in [-0.2, -0.15) is 0 Å². The smallest absolute Gasteiger partial charge is 0.238 e. The molecule has 4 N–H and O–H groups in total. The maximum Gasteiger partial charge on any atom is 0.238 e. The third kappa shape index (κ3) is 4.34. The number of hydrogen-bond acceptors (Lipinski definition) is 4. The highest BCUT2D eigenvalue weighted by molar-refractivity contribution is 6.40. The summed E-state index contributed by atoms with van der Waals surface area (Å²) in [6.07, 6.45) is 0. The second-order valence-corrected chi connectivity index (χ2v) is 4.68. The summed E-state index contributed by atoms with van der Waals surface area (Å²) in [6.45, 7) is 0.543. The van der Waals surface area contributed by atoms with Crippen LogP contribution < -0.4 is 11.1 Å². The zero-order valence-electron chi connectivity index (χ0n) is 9.91. The van der Waals surface area contributed by atoms with Crippen molar-refractivity contribution in [2.45, 2.75) is 0 Å². The molecule has 1 aromatic carbocycles. The fourth-order valence-electron chi connectivity index (χ4n) is 1.39. The molecule has 0 aliphatic carbocycles. The fourth-order valence-corrected chi connectivity index (χ4v) is 1.98. The van der Waals surface area contributed by atoms with E-state index in [2.05, 4.69) is 5.32 Å². The SMILES string of the molecule is CN(CCO)CC(=O)Nc1c(Cl)cc(N)cc1Cl. The van der Waals surface area contributed by atoms with Crippen LogP contribution in [0.4, 0.5) is 11.4 Å². The Morgan fingerprint density at radius 1 is 1.44 bits per heavy atom. The van der Waals surface area contributed by atoms with Crippen LogP contribution in [0.1, 0.15) is 0 Å². The van der Waals surface area contributed by atoms with Crippen molar-refractivity contribution in [3.05, 3.63) is 22.2 Å². The molecule has 5 nitrogen and oxygen atoms in total. The van der Waals surface area contributed by atoms with Crippen molar-refractivity contribution in [1.29, 1.82) is 0 Å². The molecule has 0 saturated carbocycles. The minimum absolute atomic E-state index is 0.00678. The molecule has 1 aromatic rings. The number of carbonyl (C=O) groups excluding carboxylic acids is 1. The third-order valence-corrected chi connectivity index (χ3v) is 2.82. The normalized spacial score (nSPS) is 10.7. The van der Waals surface area contributed by atoms with Gasteiger partial charge in [-0.05, 0) is 19.2 Å². The number of likely N-dealkylation sites (N-methyl/N-ethyl adjacent to an activating group) is 1. The van der Waals surface area contributed by atoms with Crippen LogP contribution in [0.5, 0.6) is 0 Å². The Hall–Kier alpha value is -1.01. The Balaban J connectivity index is 2.70. The van der Waals surface area contributed by atoms with Crippen LogP contribution >= 0.6 is 23.2 Å². The van der Waals surface area contributed by atoms with Gasteiger partial charge in [0.25, 0.3) is 0 Å². The number of nitrogen functional groups attached to an aromatic ring is 1. The topological polar surface area (TPSA) is 78.6 Å². The first-order valence-corrected chi connectivity index (χ1v) is 6.03. The average molecular weight is 292 g/mol. The Morgan fingerprint density at radius 2 is 2.00 bits per heavy atom. The highest BCUT2D eigenvalue weighted by Gasteiger charge is 2.12. The molecule has 0 unspecified atom stereocenters. The zero-order chi connectivity index (χ0) is 13.7. The zero-order valence-corrected chi connectivity index (χ0v) is 11.4. The van der Waals surface area contributed by atoms with Crippen LogP contribution in [0, 0.1) is 0 Å². The van der Waals surface area contributed by atoms with Gasteiger partial charge in [-0.15, -0.1) is 0 Å². The molecular weight excluding hydrogens is 277 g/mol. The van der Waals surface area contributed by atoms with Gasteiger partial charge in [0.1, 0.15) is 0 Å². The van der Waals surface area contributed by atoms with Crippen LogP contribution in [0.15, 0.2) is 12.1 Å². The van der Waals surface area contributed by atoms with E-state index in [-0.39, 0.29) is 29.1 Å². The van der Waals surface area contributed by atoms with Crippen LogP contribution in [-0.4, -0.2) is 42.7 Å². The number of carbonyl (C=O) groups is 1. The number of aliphatic hydroxyl groups is 1. The van der Waals surface area contributed by atoms with E-state index >= 15 is 0 Å². The molecule has 18 heavy (non-hydrogen) atoms. The minimum Gasteiger partial charge on any atom is -0.399 e. The van der Waals surface area contributed by atoms with Crippen molar-refractivity contribution in [2.75, 3.05) is 37.8 Å². The van der Waals surface area contributed by atoms with Gasteiger partial charge in [-0.1, -0.05) is 23.2 Å². The van der Waals surface area contributed by atoms with Crippen molar-refractivity contribution >= 4 is 40.5 Å². The van der Waals surface area contributed by atoms with Gasteiger partial charge < -0.3 is 16.2 Å². The Bertz CT molecular complexity index is 417.